The van der Waals surface area contributed by atoms with Crippen LogP contribution in [-0.4, -0.2) is 41.5 Å². The van der Waals surface area contributed by atoms with Crippen LogP contribution in [0.15, 0.2) is 41.2 Å². The van der Waals surface area contributed by atoms with Crippen LogP contribution in [0.5, 0.6) is 0 Å². The second-order valence-corrected chi connectivity index (χ2v) is 6.92. The number of aromatic nitrogens is 2. The van der Waals surface area contributed by atoms with Crippen molar-refractivity contribution in [1.29, 1.82) is 0 Å². The van der Waals surface area contributed by atoms with Gasteiger partial charge in [-0.2, -0.15) is 0 Å². The minimum Gasteiger partial charge on any atom is -0.378 e. The average molecular weight is 399 g/mol. The number of urea groups is 1. The van der Waals surface area contributed by atoms with Crippen molar-refractivity contribution in [3.8, 4) is 0 Å². The molecule has 152 valence electrons. The van der Waals surface area contributed by atoms with E-state index >= 15 is 0 Å². The zero-order chi connectivity index (χ0) is 20.5. The van der Waals surface area contributed by atoms with E-state index in [1.807, 2.05) is 6.07 Å². The van der Waals surface area contributed by atoms with Crippen molar-refractivity contribution in [2.45, 2.75) is 0 Å². The van der Waals surface area contributed by atoms with Crippen molar-refractivity contribution >= 4 is 34.1 Å². The number of nitrogens with one attached hydrogen (secondary N) is 2. The minimum atomic E-state index is -0.565. The lowest BCUT2D eigenvalue weighted by molar-refractivity contribution is 0.123. The Kier molecular flexibility index (Phi) is 4.98. The van der Waals surface area contributed by atoms with Gasteiger partial charge in [-0.3, -0.25) is 9.13 Å². The van der Waals surface area contributed by atoms with Crippen molar-refractivity contribution < 1.29 is 13.9 Å². The van der Waals surface area contributed by atoms with E-state index in [1.54, 1.807) is 36.9 Å². The van der Waals surface area contributed by atoms with Gasteiger partial charge in [-0.05, 0) is 24.3 Å². The molecule has 1 aliphatic rings. The van der Waals surface area contributed by atoms with Crippen LogP contribution in [0.1, 0.15) is 0 Å². The number of benzene rings is 2. The Bertz CT molecular complexity index is 1130. The number of halogens is 1. The third kappa shape index (κ3) is 3.56. The Morgan fingerprint density at radius 2 is 1.62 bits per heavy atom. The van der Waals surface area contributed by atoms with Crippen molar-refractivity contribution in [2.24, 2.45) is 14.1 Å². The van der Waals surface area contributed by atoms with Gasteiger partial charge in [0.15, 0.2) is 0 Å². The van der Waals surface area contributed by atoms with Crippen LogP contribution in [0.2, 0.25) is 0 Å². The van der Waals surface area contributed by atoms with Crippen LogP contribution < -0.4 is 21.2 Å². The summed E-state index contributed by atoms with van der Waals surface area (Å²) in [7, 11) is 3.40. The molecule has 0 unspecified atom stereocenters. The number of fused-ring (bicyclic) bond motifs is 1. The largest absolute Gasteiger partial charge is 0.378 e. The summed E-state index contributed by atoms with van der Waals surface area (Å²) in [5.41, 5.74) is 2.71. The number of hydrogen-bond donors (Lipinski definition) is 2. The number of ether oxygens (including phenoxy) is 1. The molecule has 1 saturated heterocycles. The highest BCUT2D eigenvalue weighted by Gasteiger charge is 2.20. The highest BCUT2D eigenvalue weighted by molar-refractivity contribution is 6.04. The van der Waals surface area contributed by atoms with Gasteiger partial charge in [-0.25, -0.2) is 14.0 Å². The molecular formula is C20H22FN5O3. The third-order valence-corrected chi connectivity index (χ3v) is 5.11. The van der Waals surface area contributed by atoms with Crippen molar-refractivity contribution in [2.75, 3.05) is 41.8 Å². The smallest absolute Gasteiger partial charge is 0.328 e. The summed E-state index contributed by atoms with van der Waals surface area (Å²) in [5.74, 6) is -0.517. The summed E-state index contributed by atoms with van der Waals surface area (Å²) >= 11 is 0. The molecule has 9 heteroatoms. The fourth-order valence-electron chi connectivity index (χ4n) is 3.54. The lowest BCUT2D eigenvalue weighted by Crippen LogP contribution is -2.37. The second kappa shape index (κ2) is 7.59. The maximum Gasteiger partial charge on any atom is 0.328 e. The van der Waals surface area contributed by atoms with Crippen LogP contribution in [-0.2, 0) is 18.8 Å². The summed E-state index contributed by atoms with van der Waals surface area (Å²) in [4.78, 5) is 27.0. The number of hydrogen-bond acceptors (Lipinski definition) is 4. The quantitative estimate of drug-likeness (QED) is 0.709. The standard InChI is InChI=1S/C20H22FN5O3/c1-24-17-11-15(23-19(27)22-14-6-4-3-5-13(14)21)16(26-7-9-29-10-8-26)12-18(17)25(2)20(24)28/h3-6,11-12H,7-10H2,1-2H3,(H2,22,23,27). The van der Waals surface area contributed by atoms with E-state index in [9.17, 15) is 14.0 Å². The van der Waals surface area contributed by atoms with Gasteiger partial charge in [0.25, 0.3) is 0 Å². The molecule has 0 saturated carbocycles. The Hall–Kier alpha value is -3.33. The molecule has 1 aromatic heterocycles. The molecule has 3 aromatic rings. The van der Waals surface area contributed by atoms with Crippen LogP contribution in [0, 0.1) is 5.82 Å². The Balaban J connectivity index is 1.72. The molecule has 2 amide bonds. The van der Waals surface area contributed by atoms with Gasteiger partial charge in [-0.1, -0.05) is 12.1 Å². The molecule has 0 atom stereocenters. The van der Waals surface area contributed by atoms with Crippen LogP contribution in [0.3, 0.4) is 0 Å². The number of para-hydroxylation sites is 1. The molecule has 1 aliphatic heterocycles. The first-order chi connectivity index (χ1) is 14.0. The first-order valence-electron chi connectivity index (χ1n) is 9.30. The number of imidazole rings is 1. The van der Waals surface area contributed by atoms with E-state index < -0.39 is 11.8 Å². The summed E-state index contributed by atoms with van der Waals surface area (Å²) < 4.78 is 22.4. The second-order valence-electron chi connectivity index (χ2n) is 6.92. The van der Waals surface area contributed by atoms with Gasteiger partial charge in [0.1, 0.15) is 5.82 Å². The highest BCUT2D eigenvalue weighted by Crippen LogP contribution is 2.32. The normalized spacial score (nSPS) is 14.2. The predicted octanol–water partition coefficient (Wildman–Crippen LogP) is 2.50. The average Bonchev–Trinajstić information content (AvgIpc) is 2.93. The summed E-state index contributed by atoms with van der Waals surface area (Å²) in [6.07, 6.45) is 0. The van der Waals surface area contributed by atoms with E-state index in [1.165, 1.54) is 16.7 Å². The number of carbonyl (C=O) groups is 1. The SMILES string of the molecule is Cn1c(=O)n(C)c2cc(N3CCOCC3)c(NC(=O)Nc3ccccc3F)cc21. The Labute approximate surface area is 166 Å². The van der Waals surface area contributed by atoms with Gasteiger partial charge < -0.3 is 20.3 Å². The van der Waals surface area contributed by atoms with Crippen molar-refractivity contribution in [1.82, 2.24) is 9.13 Å². The molecule has 29 heavy (non-hydrogen) atoms. The summed E-state index contributed by atoms with van der Waals surface area (Å²) in [6, 6.07) is 9.05. The van der Waals surface area contributed by atoms with Crippen molar-refractivity contribution in [3.63, 3.8) is 0 Å². The Morgan fingerprint density at radius 3 is 2.31 bits per heavy atom. The molecule has 0 radical (unpaired) electrons. The number of aryl methyl sites for hydroxylation is 2. The van der Waals surface area contributed by atoms with E-state index in [4.69, 9.17) is 4.74 Å². The maximum atomic E-state index is 13.9. The number of rotatable bonds is 3. The van der Waals surface area contributed by atoms with E-state index in [-0.39, 0.29) is 11.4 Å². The molecule has 1 fully saturated rings. The zero-order valence-corrected chi connectivity index (χ0v) is 16.2. The molecule has 0 bridgehead atoms. The molecule has 4 rings (SSSR count). The lowest BCUT2D eigenvalue weighted by atomic mass is 10.2. The number of nitrogens with zero attached hydrogens (tertiary/aromatic N) is 3. The van der Waals surface area contributed by atoms with E-state index in [2.05, 4.69) is 15.5 Å². The molecule has 8 nitrogen and oxygen atoms in total. The van der Waals surface area contributed by atoms with Crippen molar-refractivity contribution in [3.05, 3.63) is 52.7 Å². The van der Waals surface area contributed by atoms with Gasteiger partial charge >= 0.3 is 11.7 Å². The molecule has 2 aromatic carbocycles. The first-order valence-corrected chi connectivity index (χ1v) is 9.30. The minimum absolute atomic E-state index is 0.0890. The van der Waals surface area contributed by atoms with Gasteiger partial charge in [-0.15, -0.1) is 0 Å². The highest BCUT2D eigenvalue weighted by atomic mass is 19.1. The predicted molar refractivity (Wildman–Crippen MR) is 110 cm³/mol. The zero-order valence-electron chi connectivity index (χ0n) is 16.2. The molecule has 2 heterocycles. The van der Waals surface area contributed by atoms with Gasteiger partial charge in [0, 0.05) is 27.2 Å². The van der Waals surface area contributed by atoms with E-state index in [0.29, 0.717) is 37.5 Å². The molecule has 2 N–H and O–H groups in total. The van der Waals surface area contributed by atoms with Gasteiger partial charge in [0.2, 0.25) is 0 Å². The fourth-order valence-corrected chi connectivity index (χ4v) is 3.54. The Morgan fingerprint density at radius 1 is 1.00 bits per heavy atom. The molecule has 0 spiro atoms. The number of anilines is 3. The summed E-state index contributed by atoms with van der Waals surface area (Å²) in [5, 5.41) is 5.33. The lowest BCUT2D eigenvalue weighted by Gasteiger charge is -2.30. The van der Waals surface area contributed by atoms with E-state index in [0.717, 1.165) is 11.2 Å². The van der Waals surface area contributed by atoms with Crippen LogP contribution in [0.25, 0.3) is 11.0 Å². The third-order valence-electron chi connectivity index (χ3n) is 5.11. The molecular weight excluding hydrogens is 377 g/mol. The topological polar surface area (TPSA) is 80.5 Å². The summed E-state index contributed by atoms with van der Waals surface area (Å²) in [6.45, 7) is 2.48. The van der Waals surface area contributed by atoms with Gasteiger partial charge in [0.05, 0.1) is 41.3 Å². The van der Waals surface area contributed by atoms with Crippen LogP contribution >= 0.6 is 0 Å². The fraction of sp³-hybridized carbons (Fsp3) is 0.300. The number of morpholine rings is 1. The van der Waals surface area contributed by atoms with Crippen LogP contribution in [0.4, 0.5) is 26.2 Å². The number of carbonyl (C=O) groups excluding carboxylic acids is 1. The maximum absolute atomic E-state index is 13.9. The molecule has 0 aliphatic carbocycles. The monoisotopic (exact) mass is 399 g/mol. The number of amides is 2. The first kappa shape index (κ1) is 19.0.